The van der Waals surface area contributed by atoms with Gasteiger partial charge in [0.1, 0.15) is 28.1 Å². The normalized spacial score (nSPS) is 12.4. The number of hydrogen-bond acceptors (Lipinski definition) is 7. The Labute approximate surface area is 183 Å². The van der Waals surface area contributed by atoms with Gasteiger partial charge < -0.3 is 20.3 Å². The SMILES string of the molecule is COc1cc2nc3c(nc2cc1C(=O)O)c(C(=O)NC(C)N(C)C)c(O)c1ccccc13. The summed E-state index contributed by atoms with van der Waals surface area (Å²) in [7, 11) is 5.01. The van der Waals surface area contributed by atoms with E-state index in [-0.39, 0.29) is 39.8 Å². The van der Waals surface area contributed by atoms with E-state index >= 15 is 0 Å². The van der Waals surface area contributed by atoms with E-state index in [2.05, 4.69) is 15.3 Å². The average Bonchev–Trinajstić information content (AvgIpc) is 2.77. The molecule has 0 bridgehead atoms. The smallest absolute Gasteiger partial charge is 0.339 e. The number of aromatic nitrogens is 2. The Morgan fingerprint density at radius 1 is 1.06 bits per heavy atom. The number of rotatable bonds is 5. The molecule has 0 radical (unpaired) electrons. The van der Waals surface area contributed by atoms with E-state index < -0.39 is 11.9 Å². The number of carboxylic acid groups (broad SMARTS) is 1. The fourth-order valence-corrected chi connectivity index (χ4v) is 3.53. The second kappa shape index (κ2) is 7.93. The molecule has 1 heterocycles. The van der Waals surface area contributed by atoms with Gasteiger partial charge in [-0.3, -0.25) is 9.69 Å². The molecule has 0 spiro atoms. The predicted molar refractivity (Wildman–Crippen MR) is 120 cm³/mol. The third kappa shape index (κ3) is 3.42. The third-order valence-electron chi connectivity index (χ3n) is 5.47. The van der Waals surface area contributed by atoms with Gasteiger partial charge in [-0.05, 0) is 27.1 Å². The van der Waals surface area contributed by atoms with E-state index in [1.807, 2.05) is 25.9 Å². The third-order valence-corrected chi connectivity index (χ3v) is 5.47. The van der Waals surface area contributed by atoms with Crippen molar-refractivity contribution in [1.29, 1.82) is 0 Å². The van der Waals surface area contributed by atoms with E-state index in [4.69, 9.17) is 4.74 Å². The van der Waals surface area contributed by atoms with Crippen LogP contribution in [-0.4, -0.2) is 64.3 Å². The number of phenols is 1. The molecule has 9 nitrogen and oxygen atoms in total. The van der Waals surface area contributed by atoms with Gasteiger partial charge in [0.2, 0.25) is 0 Å². The number of carboxylic acids is 1. The summed E-state index contributed by atoms with van der Waals surface area (Å²) in [5.74, 6) is -1.75. The Bertz CT molecular complexity index is 1400. The van der Waals surface area contributed by atoms with E-state index in [1.165, 1.54) is 19.2 Å². The number of methoxy groups -OCH3 is 1. The molecule has 0 saturated carbocycles. The van der Waals surface area contributed by atoms with Gasteiger partial charge in [0.15, 0.2) is 0 Å². The van der Waals surface area contributed by atoms with Crippen molar-refractivity contribution < 1.29 is 24.5 Å². The van der Waals surface area contributed by atoms with E-state index in [0.29, 0.717) is 21.8 Å². The first-order valence-electron chi connectivity index (χ1n) is 9.86. The molecule has 1 amide bonds. The second-order valence-corrected chi connectivity index (χ2v) is 7.65. The summed E-state index contributed by atoms with van der Waals surface area (Å²) in [6, 6.07) is 9.89. The van der Waals surface area contributed by atoms with Crippen LogP contribution in [0.25, 0.3) is 32.8 Å². The fraction of sp³-hybridized carbons (Fsp3) is 0.217. The summed E-state index contributed by atoms with van der Waals surface area (Å²) in [5.41, 5.74) is 1.17. The topological polar surface area (TPSA) is 125 Å². The molecule has 0 saturated heterocycles. The average molecular weight is 434 g/mol. The van der Waals surface area contributed by atoms with Crippen LogP contribution in [0.3, 0.4) is 0 Å². The van der Waals surface area contributed by atoms with Crippen molar-refractivity contribution >= 4 is 44.7 Å². The lowest BCUT2D eigenvalue weighted by atomic mass is 10.0. The van der Waals surface area contributed by atoms with E-state index in [9.17, 15) is 19.8 Å². The van der Waals surface area contributed by atoms with Gasteiger partial charge >= 0.3 is 5.97 Å². The van der Waals surface area contributed by atoms with Crippen molar-refractivity contribution in [3.63, 3.8) is 0 Å². The molecule has 3 N–H and O–H groups in total. The number of aromatic hydroxyl groups is 1. The van der Waals surface area contributed by atoms with Crippen LogP contribution < -0.4 is 10.1 Å². The molecule has 4 aromatic rings. The molecule has 164 valence electrons. The van der Waals surface area contributed by atoms with Crippen LogP contribution in [-0.2, 0) is 0 Å². The van der Waals surface area contributed by atoms with Crippen LogP contribution in [0.2, 0.25) is 0 Å². The molecule has 4 rings (SSSR count). The van der Waals surface area contributed by atoms with Crippen LogP contribution in [0.4, 0.5) is 0 Å². The monoisotopic (exact) mass is 434 g/mol. The molecule has 0 fully saturated rings. The summed E-state index contributed by atoms with van der Waals surface area (Å²) < 4.78 is 5.20. The van der Waals surface area contributed by atoms with E-state index in [0.717, 1.165) is 0 Å². The highest BCUT2D eigenvalue weighted by Gasteiger charge is 2.24. The molecule has 0 aliphatic carbocycles. The highest BCUT2D eigenvalue weighted by atomic mass is 16.5. The van der Waals surface area contributed by atoms with Crippen molar-refractivity contribution in [3.8, 4) is 11.5 Å². The Kier molecular flexibility index (Phi) is 5.27. The maximum Gasteiger partial charge on any atom is 0.339 e. The molecular formula is C23H22N4O5. The molecular weight excluding hydrogens is 412 g/mol. The van der Waals surface area contributed by atoms with Gasteiger partial charge in [0.25, 0.3) is 5.91 Å². The summed E-state index contributed by atoms with van der Waals surface area (Å²) in [5, 5.41) is 24.4. The summed E-state index contributed by atoms with van der Waals surface area (Å²) in [6.45, 7) is 1.81. The number of aromatic carboxylic acids is 1. The molecule has 0 aliphatic rings. The Morgan fingerprint density at radius 2 is 1.69 bits per heavy atom. The number of hydrogen-bond donors (Lipinski definition) is 3. The Balaban J connectivity index is 2.09. The lowest BCUT2D eigenvalue weighted by Gasteiger charge is -2.22. The molecule has 1 aromatic heterocycles. The lowest BCUT2D eigenvalue weighted by molar-refractivity contribution is 0.0693. The van der Waals surface area contributed by atoms with Crippen molar-refractivity contribution in [2.24, 2.45) is 0 Å². The number of nitrogens with zero attached hydrogens (tertiary/aromatic N) is 3. The summed E-state index contributed by atoms with van der Waals surface area (Å²) in [6.07, 6.45) is -0.306. The van der Waals surface area contributed by atoms with Crippen LogP contribution in [0, 0.1) is 0 Å². The van der Waals surface area contributed by atoms with Crippen molar-refractivity contribution in [3.05, 3.63) is 47.5 Å². The quantitative estimate of drug-likeness (QED) is 0.249. The van der Waals surface area contributed by atoms with Gasteiger partial charge in [-0.2, -0.15) is 0 Å². The number of fused-ring (bicyclic) bond motifs is 4. The number of phenolic OH excluding ortho intramolecular Hbond substituents is 1. The maximum atomic E-state index is 13.2. The van der Waals surface area contributed by atoms with Crippen LogP contribution in [0.15, 0.2) is 36.4 Å². The van der Waals surface area contributed by atoms with Gasteiger partial charge in [-0.15, -0.1) is 0 Å². The molecule has 3 aromatic carbocycles. The zero-order valence-electron chi connectivity index (χ0n) is 18.0. The molecule has 1 unspecified atom stereocenters. The summed E-state index contributed by atoms with van der Waals surface area (Å²) >= 11 is 0. The van der Waals surface area contributed by atoms with Crippen LogP contribution in [0.1, 0.15) is 27.6 Å². The van der Waals surface area contributed by atoms with Gasteiger partial charge in [-0.1, -0.05) is 24.3 Å². The number of nitrogens with one attached hydrogen (secondary N) is 1. The molecule has 32 heavy (non-hydrogen) atoms. The lowest BCUT2D eigenvalue weighted by Crippen LogP contribution is -2.42. The largest absolute Gasteiger partial charge is 0.506 e. The minimum atomic E-state index is -1.18. The highest BCUT2D eigenvalue weighted by Crippen LogP contribution is 2.37. The maximum absolute atomic E-state index is 13.2. The Hall–Kier alpha value is -3.98. The first kappa shape index (κ1) is 21.3. The van der Waals surface area contributed by atoms with Crippen molar-refractivity contribution in [2.75, 3.05) is 21.2 Å². The van der Waals surface area contributed by atoms with Gasteiger partial charge in [0.05, 0.1) is 29.8 Å². The molecule has 9 heteroatoms. The number of carbonyl (C=O) groups is 2. The fourth-order valence-electron chi connectivity index (χ4n) is 3.53. The summed E-state index contributed by atoms with van der Waals surface area (Å²) in [4.78, 5) is 35.9. The van der Waals surface area contributed by atoms with Crippen molar-refractivity contribution in [2.45, 2.75) is 13.1 Å². The first-order valence-corrected chi connectivity index (χ1v) is 9.86. The van der Waals surface area contributed by atoms with Crippen molar-refractivity contribution in [1.82, 2.24) is 20.2 Å². The van der Waals surface area contributed by atoms with Crippen LogP contribution in [0.5, 0.6) is 11.5 Å². The second-order valence-electron chi connectivity index (χ2n) is 7.65. The standard InChI is InChI=1S/C23H22N4O5/c1-11(27(2)3)24-22(29)18-20-19(12-7-5-6-8-13(12)21(18)28)25-16-10-17(32-4)14(23(30)31)9-15(16)26-20/h5-11,28H,1-4H3,(H,24,29)(H,30,31). The van der Waals surface area contributed by atoms with E-state index in [1.54, 1.807) is 24.3 Å². The number of ether oxygens (including phenoxy) is 1. The first-order chi connectivity index (χ1) is 15.2. The predicted octanol–water partition coefficient (Wildman–Crippen LogP) is 2.99. The molecule has 0 aliphatic heterocycles. The number of carbonyl (C=O) groups excluding carboxylic acids is 1. The highest BCUT2D eigenvalue weighted by molar-refractivity contribution is 6.19. The van der Waals surface area contributed by atoms with Crippen LogP contribution >= 0.6 is 0 Å². The molecule has 1 atom stereocenters. The zero-order chi connectivity index (χ0) is 23.2. The minimum Gasteiger partial charge on any atom is -0.506 e. The Morgan fingerprint density at radius 3 is 2.31 bits per heavy atom. The minimum absolute atomic E-state index is 0.0190. The zero-order valence-corrected chi connectivity index (χ0v) is 18.0. The van der Waals surface area contributed by atoms with Gasteiger partial charge in [-0.25, -0.2) is 14.8 Å². The number of amides is 1. The number of benzene rings is 3. The van der Waals surface area contributed by atoms with Gasteiger partial charge in [0, 0.05) is 16.8 Å².